The molecule has 1 fully saturated rings. The number of nitrogens with zero attached hydrogens (tertiary/aromatic N) is 1. The number of nitrogens with two attached hydrogens (primary N) is 1. The van der Waals surface area contributed by atoms with E-state index in [4.69, 9.17) is 5.73 Å². The Kier molecular flexibility index (Phi) is 5.97. The average molecular weight is 306 g/mol. The third kappa shape index (κ3) is 4.40. The molecule has 2 rings (SSSR count). The first-order valence-electron chi connectivity index (χ1n) is 7.90. The standard InChI is InChI=1S/C17H26N2OS/c1-3-19(15-7-5-4-6-8-15)17(20)12-21-16-10-9-14(18)11-13(16)2/h9-11,15H,3-8,12,18H2,1-2H3. The van der Waals surface area contributed by atoms with Gasteiger partial charge in [0.15, 0.2) is 0 Å². The highest BCUT2D eigenvalue weighted by Crippen LogP contribution is 2.26. The number of aryl methyl sites for hydroxylation is 1. The molecule has 0 saturated heterocycles. The lowest BCUT2D eigenvalue weighted by atomic mass is 9.94. The molecule has 4 heteroatoms. The zero-order valence-corrected chi connectivity index (χ0v) is 13.9. The molecule has 0 aliphatic heterocycles. The second-order valence-corrected chi connectivity index (χ2v) is 6.80. The topological polar surface area (TPSA) is 46.3 Å². The van der Waals surface area contributed by atoms with Gasteiger partial charge in [0.25, 0.3) is 0 Å². The Hall–Kier alpha value is -1.16. The number of amides is 1. The van der Waals surface area contributed by atoms with Gasteiger partial charge in [-0.2, -0.15) is 0 Å². The monoisotopic (exact) mass is 306 g/mol. The second kappa shape index (κ2) is 7.74. The minimum absolute atomic E-state index is 0.269. The van der Waals surface area contributed by atoms with E-state index in [0.717, 1.165) is 22.7 Å². The van der Waals surface area contributed by atoms with Crippen molar-refractivity contribution >= 4 is 23.4 Å². The van der Waals surface area contributed by atoms with Crippen molar-refractivity contribution in [3.8, 4) is 0 Å². The van der Waals surface area contributed by atoms with Crippen LogP contribution in [0.4, 0.5) is 5.69 Å². The maximum absolute atomic E-state index is 12.5. The molecular weight excluding hydrogens is 280 g/mol. The number of carbonyl (C=O) groups is 1. The van der Waals surface area contributed by atoms with Crippen molar-refractivity contribution in [3.05, 3.63) is 23.8 Å². The summed E-state index contributed by atoms with van der Waals surface area (Å²) in [7, 11) is 0. The van der Waals surface area contributed by atoms with E-state index in [1.54, 1.807) is 11.8 Å². The zero-order valence-electron chi connectivity index (χ0n) is 13.1. The lowest BCUT2D eigenvalue weighted by Crippen LogP contribution is -2.42. The molecule has 21 heavy (non-hydrogen) atoms. The molecule has 2 N–H and O–H groups in total. The SMILES string of the molecule is CCN(C(=O)CSc1ccc(N)cc1C)C1CCCCC1. The lowest BCUT2D eigenvalue weighted by molar-refractivity contribution is -0.131. The van der Waals surface area contributed by atoms with Crippen molar-refractivity contribution in [1.82, 2.24) is 4.90 Å². The van der Waals surface area contributed by atoms with Crippen LogP contribution in [0.3, 0.4) is 0 Å². The van der Waals surface area contributed by atoms with Gasteiger partial charge < -0.3 is 10.6 Å². The van der Waals surface area contributed by atoms with E-state index in [9.17, 15) is 4.79 Å². The third-order valence-electron chi connectivity index (χ3n) is 4.23. The first-order valence-corrected chi connectivity index (χ1v) is 8.88. The highest BCUT2D eigenvalue weighted by atomic mass is 32.2. The van der Waals surface area contributed by atoms with Crippen LogP contribution in [-0.4, -0.2) is 29.1 Å². The van der Waals surface area contributed by atoms with Gasteiger partial charge in [-0.1, -0.05) is 19.3 Å². The summed E-state index contributed by atoms with van der Waals surface area (Å²) in [6.45, 7) is 4.96. The molecule has 0 aromatic heterocycles. The Morgan fingerprint density at radius 2 is 2.05 bits per heavy atom. The lowest BCUT2D eigenvalue weighted by Gasteiger charge is -2.33. The summed E-state index contributed by atoms with van der Waals surface area (Å²) in [5.74, 6) is 0.792. The molecule has 1 aliphatic rings. The van der Waals surface area contributed by atoms with E-state index >= 15 is 0 Å². The fraction of sp³-hybridized carbons (Fsp3) is 0.588. The molecule has 1 aromatic rings. The van der Waals surface area contributed by atoms with Gasteiger partial charge in [-0.3, -0.25) is 4.79 Å². The van der Waals surface area contributed by atoms with Crippen LogP contribution in [0.15, 0.2) is 23.1 Å². The van der Waals surface area contributed by atoms with Crippen molar-refractivity contribution in [2.45, 2.75) is 56.9 Å². The maximum Gasteiger partial charge on any atom is 0.233 e. The molecule has 1 aliphatic carbocycles. The minimum atomic E-state index is 0.269. The Morgan fingerprint density at radius 3 is 2.67 bits per heavy atom. The molecule has 1 aromatic carbocycles. The predicted octanol–water partition coefficient (Wildman–Crippen LogP) is 3.85. The van der Waals surface area contributed by atoms with Gasteiger partial charge in [-0.05, 0) is 50.5 Å². The number of hydrogen-bond donors (Lipinski definition) is 1. The normalized spacial score (nSPS) is 15.9. The van der Waals surface area contributed by atoms with E-state index < -0.39 is 0 Å². The van der Waals surface area contributed by atoms with E-state index in [2.05, 4.69) is 11.8 Å². The predicted molar refractivity (Wildman–Crippen MR) is 90.6 cm³/mol. The minimum Gasteiger partial charge on any atom is -0.399 e. The number of hydrogen-bond acceptors (Lipinski definition) is 3. The summed E-state index contributed by atoms with van der Waals surface area (Å²) < 4.78 is 0. The van der Waals surface area contributed by atoms with Crippen LogP contribution >= 0.6 is 11.8 Å². The highest BCUT2D eigenvalue weighted by Gasteiger charge is 2.23. The highest BCUT2D eigenvalue weighted by molar-refractivity contribution is 8.00. The van der Waals surface area contributed by atoms with Gasteiger partial charge in [0.1, 0.15) is 0 Å². The Morgan fingerprint density at radius 1 is 1.33 bits per heavy atom. The Labute approximate surface area is 132 Å². The Bertz CT molecular complexity index is 484. The second-order valence-electron chi connectivity index (χ2n) is 5.79. The van der Waals surface area contributed by atoms with Crippen LogP contribution in [-0.2, 0) is 4.79 Å². The van der Waals surface area contributed by atoms with Gasteiger partial charge >= 0.3 is 0 Å². The van der Waals surface area contributed by atoms with Crippen LogP contribution < -0.4 is 5.73 Å². The molecule has 116 valence electrons. The van der Waals surface area contributed by atoms with Crippen molar-refractivity contribution in [2.75, 3.05) is 18.0 Å². The summed E-state index contributed by atoms with van der Waals surface area (Å²) in [6, 6.07) is 6.34. The fourth-order valence-corrected chi connectivity index (χ4v) is 3.98. The molecule has 0 atom stereocenters. The van der Waals surface area contributed by atoms with Crippen LogP contribution in [0, 0.1) is 6.92 Å². The van der Waals surface area contributed by atoms with Crippen molar-refractivity contribution in [3.63, 3.8) is 0 Å². The molecule has 0 heterocycles. The number of anilines is 1. The van der Waals surface area contributed by atoms with Gasteiger partial charge in [-0.25, -0.2) is 0 Å². The number of carbonyl (C=O) groups excluding carboxylic acids is 1. The smallest absolute Gasteiger partial charge is 0.233 e. The molecule has 3 nitrogen and oxygen atoms in total. The number of rotatable bonds is 5. The number of nitrogen functional groups attached to an aromatic ring is 1. The molecule has 0 bridgehead atoms. The summed E-state index contributed by atoms with van der Waals surface area (Å²) in [5.41, 5.74) is 7.69. The summed E-state index contributed by atoms with van der Waals surface area (Å²) in [6.07, 6.45) is 6.19. The van der Waals surface area contributed by atoms with E-state index in [0.29, 0.717) is 11.8 Å². The zero-order chi connectivity index (χ0) is 15.2. The van der Waals surface area contributed by atoms with E-state index in [-0.39, 0.29) is 5.91 Å². The first-order chi connectivity index (χ1) is 10.1. The van der Waals surface area contributed by atoms with Crippen LogP contribution in [0.1, 0.15) is 44.6 Å². The average Bonchev–Trinajstić information content (AvgIpc) is 2.48. The molecule has 1 amide bonds. The molecule has 1 saturated carbocycles. The van der Waals surface area contributed by atoms with Gasteiger partial charge in [0.2, 0.25) is 5.91 Å². The first kappa shape index (κ1) is 16.2. The van der Waals surface area contributed by atoms with Gasteiger partial charge in [0.05, 0.1) is 5.75 Å². The van der Waals surface area contributed by atoms with Crippen LogP contribution in [0.25, 0.3) is 0 Å². The summed E-state index contributed by atoms with van der Waals surface area (Å²) >= 11 is 1.62. The van der Waals surface area contributed by atoms with Crippen LogP contribution in [0.5, 0.6) is 0 Å². The molecule has 0 unspecified atom stereocenters. The quantitative estimate of drug-likeness (QED) is 0.664. The van der Waals surface area contributed by atoms with Gasteiger partial charge in [0, 0.05) is 23.2 Å². The Balaban J connectivity index is 1.92. The largest absolute Gasteiger partial charge is 0.399 e. The third-order valence-corrected chi connectivity index (χ3v) is 5.39. The summed E-state index contributed by atoms with van der Waals surface area (Å²) in [5, 5.41) is 0. The van der Waals surface area contributed by atoms with Crippen molar-refractivity contribution in [1.29, 1.82) is 0 Å². The fourth-order valence-electron chi connectivity index (χ4n) is 3.09. The molecule has 0 radical (unpaired) electrons. The van der Waals surface area contributed by atoms with E-state index in [1.807, 2.05) is 25.1 Å². The number of benzene rings is 1. The van der Waals surface area contributed by atoms with Crippen molar-refractivity contribution < 1.29 is 4.79 Å². The molecule has 0 spiro atoms. The maximum atomic E-state index is 12.5. The molecular formula is C17H26N2OS. The van der Waals surface area contributed by atoms with E-state index in [1.165, 1.54) is 32.1 Å². The summed E-state index contributed by atoms with van der Waals surface area (Å²) in [4.78, 5) is 15.7. The van der Waals surface area contributed by atoms with Crippen LogP contribution in [0.2, 0.25) is 0 Å². The van der Waals surface area contributed by atoms with Gasteiger partial charge in [-0.15, -0.1) is 11.8 Å². The number of thioether (sulfide) groups is 1. The van der Waals surface area contributed by atoms with Crippen molar-refractivity contribution in [2.24, 2.45) is 0 Å².